The summed E-state index contributed by atoms with van der Waals surface area (Å²) >= 11 is 0. The van der Waals surface area contributed by atoms with Crippen LogP contribution in [0.5, 0.6) is 0 Å². The summed E-state index contributed by atoms with van der Waals surface area (Å²) in [6.45, 7) is 0. The Morgan fingerprint density at radius 3 is 1.82 bits per heavy atom. The lowest BCUT2D eigenvalue weighted by Gasteiger charge is -2.37. The minimum Gasteiger partial charge on any atom is -0.311 e. The third kappa shape index (κ3) is 3.55. The van der Waals surface area contributed by atoms with Crippen molar-refractivity contribution >= 4 is 52.2 Å². The molecule has 0 saturated carbocycles. The molecule has 0 spiro atoms. The van der Waals surface area contributed by atoms with E-state index >= 15 is 0 Å². The zero-order valence-corrected chi connectivity index (χ0v) is 21.7. The molecule has 0 aliphatic carbocycles. The quantitative estimate of drug-likeness (QED) is 0.254. The zero-order valence-electron chi connectivity index (χ0n) is 20.7. The van der Waals surface area contributed by atoms with Crippen LogP contribution in [0.3, 0.4) is 0 Å². The summed E-state index contributed by atoms with van der Waals surface area (Å²) in [5.41, 5.74) is 6.51. The molecule has 0 amide bonds. The van der Waals surface area contributed by atoms with E-state index in [9.17, 15) is 5.26 Å². The second-order valence-electron chi connectivity index (χ2n) is 9.48. The number of benzene rings is 6. The molecule has 0 fully saturated rings. The van der Waals surface area contributed by atoms with Crippen LogP contribution in [0.25, 0.3) is 21.9 Å². The van der Waals surface area contributed by atoms with Gasteiger partial charge in [0.15, 0.2) is 8.80 Å². The lowest BCUT2D eigenvalue weighted by atomic mass is 9.95. The van der Waals surface area contributed by atoms with Crippen molar-refractivity contribution in [2.24, 2.45) is 0 Å². The minimum atomic E-state index is -1.13. The molecule has 0 atom stereocenters. The first kappa shape index (κ1) is 22.3. The molecule has 2 nitrogen and oxygen atoms in total. The van der Waals surface area contributed by atoms with Crippen LogP contribution in [0.4, 0.5) is 17.1 Å². The van der Waals surface area contributed by atoms with Crippen LogP contribution < -0.4 is 20.5 Å². The molecule has 1 heterocycles. The van der Waals surface area contributed by atoms with Gasteiger partial charge in [0.05, 0.1) is 11.6 Å². The second kappa shape index (κ2) is 9.19. The Morgan fingerprint density at radius 2 is 1.16 bits per heavy atom. The molecule has 0 unspecified atom stereocenters. The second-order valence-corrected chi connectivity index (χ2v) is 11.9. The molecule has 38 heavy (non-hydrogen) atoms. The molecular formula is C35H23N2Si. The first-order valence-electron chi connectivity index (χ1n) is 12.8. The number of rotatable bonds is 3. The van der Waals surface area contributed by atoms with Crippen LogP contribution in [0, 0.1) is 11.3 Å². The van der Waals surface area contributed by atoms with Crippen molar-refractivity contribution in [1.29, 1.82) is 5.26 Å². The maximum Gasteiger partial charge on any atom is 0.160 e. The van der Waals surface area contributed by atoms with Crippen LogP contribution in [0.1, 0.15) is 5.56 Å². The highest BCUT2D eigenvalue weighted by Crippen LogP contribution is 2.38. The summed E-state index contributed by atoms with van der Waals surface area (Å²) in [5.74, 6) is 0. The molecule has 1 radical (unpaired) electrons. The number of hydrogen-bond acceptors (Lipinski definition) is 2. The predicted molar refractivity (Wildman–Crippen MR) is 160 cm³/mol. The molecule has 177 valence electrons. The van der Waals surface area contributed by atoms with E-state index in [1.54, 1.807) is 0 Å². The van der Waals surface area contributed by atoms with Gasteiger partial charge >= 0.3 is 0 Å². The standard InChI is InChI=1S/C35H23N2Si/c36-24-27-12-8-10-26-11-9-15-30(35(26)27)25-20-22-28(23-21-25)37-31-16-4-6-18-33(31)38(29-13-2-1-3-14-29)34-19-7-5-17-32(34)37/h1-23H. The lowest BCUT2D eigenvalue weighted by Crippen LogP contribution is -2.57. The topological polar surface area (TPSA) is 27.0 Å². The summed E-state index contributed by atoms with van der Waals surface area (Å²) in [7, 11) is -1.13. The van der Waals surface area contributed by atoms with Crippen molar-refractivity contribution in [3.8, 4) is 17.2 Å². The average molecular weight is 500 g/mol. The molecule has 0 saturated heterocycles. The van der Waals surface area contributed by atoms with Crippen LogP contribution in [0.2, 0.25) is 0 Å². The van der Waals surface area contributed by atoms with Crippen molar-refractivity contribution in [2.45, 2.75) is 0 Å². The van der Waals surface area contributed by atoms with E-state index in [1.165, 1.54) is 26.9 Å². The van der Waals surface area contributed by atoms with E-state index in [-0.39, 0.29) is 0 Å². The summed E-state index contributed by atoms with van der Waals surface area (Å²) in [4.78, 5) is 2.40. The number of fused-ring (bicyclic) bond motifs is 3. The molecule has 1 aliphatic heterocycles. The molecule has 0 bridgehead atoms. The van der Waals surface area contributed by atoms with Crippen LogP contribution in [-0.2, 0) is 0 Å². The maximum atomic E-state index is 9.76. The number of para-hydroxylation sites is 2. The van der Waals surface area contributed by atoms with Gasteiger partial charge in [-0.05, 0) is 57.2 Å². The van der Waals surface area contributed by atoms with Gasteiger partial charge in [0.25, 0.3) is 0 Å². The van der Waals surface area contributed by atoms with Crippen molar-refractivity contribution in [3.05, 3.63) is 145 Å². The average Bonchev–Trinajstić information content (AvgIpc) is 2.99. The van der Waals surface area contributed by atoms with Crippen LogP contribution in [-0.4, -0.2) is 8.80 Å². The number of nitriles is 1. The van der Waals surface area contributed by atoms with E-state index < -0.39 is 8.80 Å². The van der Waals surface area contributed by atoms with Gasteiger partial charge in [0.2, 0.25) is 0 Å². The summed E-state index contributed by atoms with van der Waals surface area (Å²) in [6.07, 6.45) is 0. The van der Waals surface area contributed by atoms with E-state index in [4.69, 9.17) is 0 Å². The Balaban J connectivity index is 1.37. The molecule has 3 heteroatoms. The number of hydrogen-bond donors (Lipinski definition) is 0. The largest absolute Gasteiger partial charge is 0.311 e. The fourth-order valence-corrected chi connectivity index (χ4v) is 8.56. The van der Waals surface area contributed by atoms with Gasteiger partial charge in [-0.3, -0.25) is 0 Å². The Hall–Kier alpha value is -4.91. The Labute approximate surface area is 224 Å². The zero-order chi connectivity index (χ0) is 25.5. The molecule has 0 aromatic heterocycles. The first-order valence-corrected chi connectivity index (χ1v) is 14.3. The lowest BCUT2D eigenvalue weighted by molar-refractivity contribution is 1.29. The van der Waals surface area contributed by atoms with Crippen molar-refractivity contribution in [1.82, 2.24) is 0 Å². The van der Waals surface area contributed by atoms with Crippen LogP contribution in [0.15, 0.2) is 140 Å². The van der Waals surface area contributed by atoms with Crippen molar-refractivity contribution in [2.75, 3.05) is 4.90 Å². The van der Waals surface area contributed by atoms with E-state index in [1.807, 2.05) is 12.1 Å². The van der Waals surface area contributed by atoms with Gasteiger partial charge in [-0.25, -0.2) is 0 Å². The summed E-state index contributed by atoms with van der Waals surface area (Å²) in [6, 6.07) is 51.9. The Bertz CT molecular complexity index is 1780. The molecule has 6 aromatic carbocycles. The molecule has 7 rings (SSSR count). The van der Waals surface area contributed by atoms with Crippen LogP contribution >= 0.6 is 0 Å². The summed E-state index contributed by atoms with van der Waals surface area (Å²) in [5, 5.41) is 16.1. The van der Waals surface area contributed by atoms with Gasteiger partial charge in [0.1, 0.15) is 0 Å². The number of nitrogens with zero attached hydrogens (tertiary/aromatic N) is 2. The fourth-order valence-electron chi connectivity index (χ4n) is 5.69. The monoisotopic (exact) mass is 499 g/mol. The highest BCUT2D eigenvalue weighted by Gasteiger charge is 2.33. The molecule has 1 aliphatic rings. The maximum absolute atomic E-state index is 9.76. The SMILES string of the molecule is N#Cc1cccc2cccc(-c3ccc(N4c5ccccc5[Si](c5ccccc5)c5ccccc54)cc3)c12. The molecule has 6 aromatic rings. The van der Waals surface area contributed by atoms with E-state index in [2.05, 4.69) is 138 Å². The van der Waals surface area contributed by atoms with E-state index in [0.717, 1.165) is 27.6 Å². The Kier molecular flexibility index (Phi) is 5.39. The van der Waals surface area contributed by atoms with E-state index in [0.29, 0.717) is 5.56 Å². The van der Waals surface area contributed by atoms with Crippen molar-refractivity contribution in [3.63, 3.8) is 0 Å². The Morgan fingerprint density at radius 1 is 0.553 bits per heavy atom. The van der Waals surface area contributed by atoms with Gasteiger partial charge in [0, 0.05) is 22.4 Å². The fraction of sp³-hybridized carbons (Fsp3) is 0. The smallest absolute Gasteiger partial charge is 0.160 e. The third-order valence-corrected chi connectivity index (χ3v) is 10.2. The van der Waals surface area contributed by atoms with Gasteiger partial charge < -0.3 is 4.90 Å². The van der Waals surface area contributed by atoms with Crippen molar-refractivity contribution < 1.29 is 0 Å². The normalized spacial score (nSPS) is 12.6. The first-order chi connectivity index (χ1) is 18.8. The number of anilines is 3. The van der Waals surface area contributed by atoms with Gasteiger partial charge in [-0.2, -0.15) is 5.26 Å². The minimum absolute atomic E-state index is 0.705. The highest BCUT2D eigenvalue weighted by molar-refractivity contribution is 6.98. The summed E-state index contributed by atoms with van der Waals surface area (Å²) < 4.78 is 0. The predicted octanol–water partition coefficient (Wildman–Crippen LogP) is 6.68. The molecule has 0 N–H and O–H groups in total. The molecular weight excluding hydrogens is 476 g/mol. The van der Waals surface area contributed by atoms with Gasteiger partial charge in [-0.1, -0.05) is 114 Å². The third-order valence-electron chi connectivity index (χ3n) is 7.35. The van der Waals surface area contributed by atoms with Gasteiger partial charge in [-0.15, -0.1) is 0 Å². The highest BCUT2D eigenvalue weighted by atomic mass is 28.3.